The zero-order valence-electron chi connectivity index (χ0n) is 19.5. The lowest BCUT2D eigenvalue weighted by Gasteiger charge is -2.17. The van der Waals surface area contributed by atoms with Gasteiger partial charge in [-0.1, -0.05) is 11.6 Å². The molecule has 3 aromatic heterocycles. The van der Waals surface area contributed by atoms with Gasteiger partial charge in [-0.05, 0) is 33.3 Å². The van der Waals surface area contributed by atoms with Gasteiger partial charge in [-0.25, -0.2) is 18.8 Å². The Balaban J connectivity index is 1.96. The van der Waals surface area contributed by atoms with Gasteiger partial charge in [0.05, 0.1) is 17.5 Å². The predicted molar refractivity (Wildman–Crippen MR) is 130 cm³/mol. The summed E-state index contributed by atoms with van der Waals surface area (Å²) in [6, 6.07) is 3.81. The van der Waals surface area contributed by atoms with Crippen molar-refractivity contribution in [1.82, 2.24) is 14.5 Å². The summed E-state index contributed by atoms with van der Waals surface area (Å²) in [6.45, 7) is 6.24. The van der Waals surface area contributed by atoms with Gasteiger partial charge in [0.15, 0.2) is 11.6 Å². The lowest BCUT2D eigenvalue weighted by Crippen LogP contribution is -2.24. The van der Waals surface area contributed by atoms with Crippen LogP contribution in [0.1, 0.15) is 30.8 Å². The van der Waals surface area contributed by atoms with Crippen LogP contribution >= 0.6 is 11.6 Å². The van der Waals surface area contributed by atoms with Crippen molar-refractivity contribution in [3.63, 3.8) is 0 Å². The van der Waals surface area contributed by atoms with Crippen LogP contribution < -0.4 is 16.0 Å². The van der Waals surface area contributed by atoms with E-state index in [1.54, 1.807) is 40.0 Å². The Morgan fingerprint density at radius 3 is 2.60 bits per heavy atom. The van der Waals surface area contributed by atoms with Crippen LogP contribution in [0.4, 0.5) is 14.6 Å². The van der Waals surface area contributed by atoms with E-state index in [0.717, 1.165) is 6.20 Å². The zero-order valence-corrected chi connectivity index (χ0v) is 20.3. The van der Waals surface area contributed by atoms with Crippen molar-refractivity contribution in [1.29, 1.82) is 0 Å². The normalized spacial score (nSPS) is 12.4. The number of nitrogens with two attached hydrogens (primary N) is 1. The number of aryl methyl sites for hydroxylation is 2. The molecule has 0 aliphatic rings. The number of aliphatic imine (C=N–C) groups is 1. The molecule has 0 aliphatic heterocycles. The third kappa shape index (κ3) is 5.90. The molecule has 0 fully saturated rings. The molecule has 0 saturated heterocycles. The molecule has 3 heterocycles. The van der Waals surface area contributed by atoms with Crippen molar-refractivity contribution in [2.75, 3.05) is 0 Å². The molecule has 0 atom stereocenters. The Morgan fingerprint density at radius 1 is 1.26 bits per heavy atom. The summed E-state index contributed by atoms with van der Waals surface area (Å²) in [7, 11) is 0. The number of halogens is 3. The Morgan fingerprint density at radius 2 is 1.97 bits per heavy atom. The monoisotopic (exact) mass is 503 g/mol. The molecule has 184 valence electrons. The van der Waals surface area contributed by atoms with Crippen LogP contribution in [0.25, 0.3) is 5.69 Å². The van der Waals surface area contributed by atoms with Gasteiger partial charge in [-0.15, -0.1) is 0 Å². The van der Waals surface area contributed by atoms with E-state index in [1.807, 2.05) is 0 Å². The standard InChI is InChI=1S/C24H24ClF2N5O3/c1-13-9-30-21(31-10-15(8-28)24(3,4)34)7-19(13)32-14(2)5-20(22(25)23(32)33)35-12-18-17(27)6-16(26)11-29-18/h5-11,34H,12,28H2,1-4H3. The average molecular weight is 504 g/mol. The number of pyridine rings is 3. The molecule has 0 amide bonds. The van der Waals surface area contributed by atoms with Crippen LogP contribution in [0.15, 0.2) is 52.2 Å². The highest BCUT2D eigenvalue weighted by Crippen LogP contribution is 2.27. The van der Waals surface area contributed by atoms with E-state index in [9.17, 15) is 18.7 Å². The molecular formula is C24H24ClF2N5O3. The van der Waals surface area contributed by atoms with Crippen LogP contribution in [-0.4, -0.2) is 31.5 Å². The molecule has 35 heavy (non-hydrogen) atoms. The zero-order chi connectivity index (χ0) is 25.9. The minimum Gasteiger partial charge on any atom is -0.485 e. The molecule has 0 aromatic carbocycles. The largest absolute Gasteiger partial charge is 0.485 e. The Labute approximate surface area is 205 Å². The maximum atomic E-state index is 13.9. The van der Waals surface area contributed by atoms with E-state index in [0.29, 0.717) is 28.6 Å². The van der Waals surface area contributed by atoms with Crippen LogP contribution in [-0.2, 0) is 6.61 Å². The molecule has 8 nitrogen and oxygen atoms in total. The number of aromatic nitrogens is 3. The van der Waals surface area contributed by atoms with Gasteiger partial charge in [-0.2, -0.15) is 0 Å². The molecule has 0 radical (unpaired) electrons. The predicted octanol–water partition coefficient (Wildman–Crippen LogP) is 4.07. The average Bonchev–Trinajstić information content (AvgIpc) is 2.77. The highest BCUT2D eigenvalue weighted by atomic mass is 35.5. The first-order valence-corrected chi connectivity index (χ1v) is 10.8. The molecule has 0 saturated carbocycles. The van der Waals surface area contributed by atoms with Crippen molar-refractivity contribution < 1.29 is 18.6 Å². The van der Waals surface area contributed by atoms with Gasteiger partial charge >= 0.3 is 0 Å². The highest BCUT2D eigenvalue weighted by molar-refractivity contribution is 6.31. The van der Waals surface area contributed by atoms with Crippen LogP contribution in [0.2, 0.25) is 5.02 Å². The summed E-state index contributed by atoms with van der Waals surface area (Å²) in [5.41, 5.74) is 5.68. The molecule has 0 bridgehead atoms. The van der Waals surface area contributed by atoms with Gasteiger partial charge in [0.25, 0.3) is 5.56 Å². The van der Waals surface area contributed by atoms with Crippen molar-refractivity contribution in [3.05, 3.63) is 86.3 Å². The van der Waals surface area contributed by atoms with Crippen molar-refractivity contribution in [2.24, 2.45) is 10.7 Å². The number of hydrogen-bond acceptors (Lipinski definition) is 7. The summed E-state index contributed by atoms with van der Waals surface area (Å²) in [5, 5.41) is 9.90. The molecule has 3 aromatic rings. The second-order valence-corrected chi connectivity index (χ2v) is 8.62. The first kappa shape index (κ1) is 26.0. The third-order valence-corrected chi connectivity index (χ3v) is 5.42. The molecule has 3 rings (SSSR count). The van der Waals surface area contributed by atoms with Crippen molar-refractivity contribution in [2.45, 2.75) is 39.9 Å². The van der Waals surface area contributed by atoms with Crippen LogP contribution in [0.3, 0.4) is 0 Å². The summed E-state index contributed by atoms with van der Waals surface area (Å²) < 4.78 is 33.8. The number of nitrogens with zero attached hydrogens (tertiary/aromatic N) is 4. The minimum absolute atomic E-state index is 0.0313. The Kier molecular flexibility index (Phi) is 7.67. The third-order valence-electron chi connectivity index (χ3n) is 5.07. The number of aliphatic hydroxyl groups is 1. The summed E-state index contributed by atoms with van der Waals surface area (Å²) in [6.07, 6.45) is 5.06. The van der Waals surface area contributed by atoms with E-state index >= 15 is 0 Å². The van der Waals surface area contributed by atoms with E-state index in [-0.39, 0.29) is 28.9 Å². The van der Waals surface area contributed by atoms with E-state index in [4.69, 9.17) is 22.1 Å². The first-order chi connectivity index (χ1) is 16.4. The lowest BCUT2D eigenvalue weighted by molar-refractivity contribution is 0.126. The SMILES string of the molecule is Cc1cnc(N=CC(=CN)C(C)(C)O)cc1-n1c(C)cc(OCc2ncc(F)cc2F)c(Cl)c1=O. The van der Waals surface area contributed by atoms with Gasteiger partial charge < -0.3 is 15.6 Å². The fourth-order valence-electron chi connectivity index (χ4n) is 3.14. The first-order valence-electron chi connectivity index (χ1n) is 10.4. The van der Waals surface area contributed by atoms with Crippen LogP contribution in [0, 0.1) is 25.5 Å². The Bertz CT molecular complexity index is 1380. The maximum Gasteiger partial charge on any atom is 0.277 e. The number of hydrogen-bond donors (Lipinski definition) is 2. The Hall–Kier alpha value is -3.63. The fourth-order valence-corrected chi connectivity index (χ4v) is 3.33. The van der Waals surface area contributed by atoms with Gasteiger partial charge in [0, 0.05) is 48.1 Å². The quantitative estimate of drug-likeness (QED) is 0.469. The number of rotatable bonds is 7. The number of ether oxygens (including phenoxy) is 1. The summed E-state index contributed by atoms with van der Waals surface area (Å²) in [4.78, 5) is 25.3. The second kappa shape index (κ2) is 10.3. The lowest BCUT2D eigenvalue weighted by atomic mass is 10.0. The molecule has 0 unspecified atom stereocenters. The fraction of sp³-hybridized carbons (Fsp3) is 0.250. The van der Waals surface area contributed by atoms with Crippen molar-refractivity contribution >= 4 is 23.6 Å². The highest BCUT2D eigenvalue weighted by Gasteiger charge is 2.19. The summed E-state index contributed by atoms with van der Waals surface area (Å²) >= 11 is 6.29. The molecule has 3 N–H and O–H groups in total. The van der Waals surface area contributed by atoms with Gasteiger partial charge in [-0.3, -0.25) is 14.3 Å². The van der Waals surface area contributed by atoms with Crippen LogP contribution in [0.5, 0.6) is 5.75 Å². The maximum absolute atomic E-state index is 13.9. The van der Waals surface area contributed by atoms with Gasteiger partial charge in [0.2, 0.25) is 0 Å². The minimum atomic E-state index is -1.20. The van der Waals surface area contributed by atoms with E-state index in [1.165, 1.54) is 23.0 Å². The van der Waals surface area contributed by atoms with Crippen molar-refractivity contribution in [3.8, 4) is 11.4 Å². The van der Waals surface area contributed by atoms with E-state index in [2.05, 4.69) is 15.0 Å². The smallest absolute Gasteiger partial charge is 0.277 e. The molecule has 11 heteroatoms. The second-order valence-electron chi connectivity index (χ2n) is 8.24. The molecular weight excluding hydrogens is 480 g/mol. The molecule has 0 aliphatic carbocycles. The van der Waals surface area contributed by atoms with E-state index < -0.39 is 22.8 Å². The topological polar surface area (TPSA) is 116 Å². The molecule has 0 spiro atoms. The summed E-state index contributed by atoms with van der Waals surface area (Å²) in [5.74, 6) is -1.38. The van der Waals surface area contributed by atoms with Gasteiger partial charge in [0.1, 0.15) is 28.9 Å².